The minimum absolute atomic E-state index is 0.0156. The molecule has 0 spiro atoms. The lowest BCUT2D eigenvalue weighted by molar-refractivity contribution is 0.0728. The van der Waals surface area contributed by atoms with Crippen LogP contribution in [0, 0.1) is 0 Å². The van der Waals surface area contributed by atoms with Crippen molar-refractivity contribution < 1.29 is 14.3 Å². The Labute approximate surface area is 207 Å². The SMILES string of the molecule is CCOc1cc(C=Nn2c(C(C)C)nc3ccccc3c2=O)ccc1OC(=O)c1ccc(Cl)cc1. The van der Waals surface area contributed by atoms with Gasteiger partial charge >= 0.3 is 5.97 Å². The number of fused-ring (bicyclic) bond motifs is 1. The van der Waals surface area contributed by atoms with Gasteiger partial charge in [0.25, 0.3) is 5.56 Å². The standard InChI is InChI=1S/C27H24ClN3O4/c1-4-34-24-15-18(9-14-23(24)35-27(33)19-10-12-20(28)13-11-19)16-29-31-25(17(2)3)30-22-8-6-5-7-21(22)26(31)32/h5-17H,4H2,1-3H3. The van der Waals surface area contributed by atoms with Gasteiger partial charge in [-0.15, -0.1) is 0 Å². The number of hydrogen-bond acceptors (Lipinski definition) is 6. The van der Waals surface area contributed by atoms with Crippen LogP contribution in [0.2, 0.25) is 5.02 Å². The molecule has 3 aromatic carbocycles. The molecule has 8 heteroatoms. The molecular formula is C27H24ClN3O4. The number of benzene rings is 3. The molecule has 4 rings (SSSR count). The summed E-state index contributed by atoms with van der Waals surface area (Å²) in [5.74, 6) is 0.671. The van der Waals surface area contributed by atoms with Crippen molar-refractivity contribution in [2.45, 2.75) is 26.7 Å². The Morgan fingerprint density at radius 2 is 1.83 bits per heavy atom. The molecule has 0 bridgehead atoms. The van der Waals surface area contributed by atoms with Crippen LogP contribution in [0.4, 0.5) is 0 Å². The Morgan fingerprint density at radius 3 is 2.54 bits per heavy atom. The van der Waals surface area contributed by atoms with E-state index in [1.54, 1.807) is 60.8 Å². The van der Waals surface area contributed by atoms with Gasteiger partial charge in [0.05, 0.1) is 29.3 Å². The van der Waals surface area contributed by atoms with Crippen LogP contribution < -0.4 is 15.0 Å². The highest BCUT2D eigenvalue weighted by Gasteiger charge is 2.15. The van der Waals surface area contributed by atoms with Gasteiger partial charge in [-0.3, -0.25) is 4.79 Å². The Kier molecular flexibility index (Phi) is 7.27. The molecule has 1 heterocycles. The van der Waals surface area contributed by atoms with E-state index < -0.39 is 5.97 Å². The quantitative estimate of drug-likeness (QED) is 0.190. The number of carbonyl (C=O) groups is 1. The van der Waals surface area contributed by atoms with Crippen LogP contribution in [0.25, 0.3) is 10.9 Å². The largest absolute Gasteiger partial charge is 0.490 e. The zero-order chi connectivity index (χ0) is 24.9. The molecule has 0 aliphatic rings. The van der Waals surface area contributed by atoms with E-state index in [4.69, 9.17) is 21.1 Å². The molecule has 0 saturated carbocycles. The number of carbonyl (C=O) groups excluding carboxylic acids is 1. The van der Waals surface area contributed by atoms with Crippen molar-refractivity contribution in [3.63, 3.8) is 0 Å². The third kappa shape index (κ3) is 5.41. The molecule has 0 aliphatic heterocycles. The maximum absolute atomic E-state index is 13.1. The first-order valence-electron chi connectivity index (χ1n) is 11.2. The van der Waals surface area contributed by atoms with Crippen molar-refractivity contribution in [3.05, 3.63) is 99.1 Å². The Balaban J connectivity index is 1.66. The number of aromatic nitrogens is 2. The maximum Gasteiger partial charge on any atom is 0.343 e. The van der Waals surface area contributed by atoms with Crippen LogP contribution in [0.1, 0.15) is 48.4 Å². The minimum atomic E-state index is -0.528. The van der Waals surface area contributed by atoms with Gasteiger partial charge < -0.3 is 9.47 Å². The Hall–Kier alpha value is -3.97. The van der Waals surface area contributed by atoms with Gasteiger partial charge in [-0.1, -0.05) is 37.6 Å². The molecule has 0 fully saturated rings. The maximum atomic E-state index is 13.1. The highest BCUT2D eigenvalue weighted by Crippen LogP contribution is 2.29. The zero-order valence-corrected chi connectivity index (χ0v) is 20.3. The van der Waals surface area contributed by atoms with E-state index in [-0.39, 0.29) is 17.2 Å². The molecule has 0 saturated heterocycles. The second kappa shape index (κ2) is 10.5. The number of hydrogen-bond donors (Lipinski definition) is 0. The molecule has 0 unspecified atom stereocenters. The van der Waals surface area contributed by atoms with Crippen LogP contribution >= 0.6 is 11.6 Å². The lowest BCUT2D eigenvalue weighted by Crippen LogP contribution is -2.23. The van der Waals surface area contributed by atoms with E-state index in [9.17, 15) is 9.59 Å². The van der Waals surface area contributed by atoms with Crippen LogP contribution in [-0.2, 0) is 0 Å². The van der Waals surface area contributed by atoms with Crippen molar-refractivity contribution in [3.8, 4) is 11.5 Å². The van der Waals surface area contributed by atoms with Crippen molar-refractivity contribution >= 4 is 34.7 Å². The summed E-state index contributed by atoms with van der Waals surface area (Å²) in [5.41, 5.74) is 1.42. The van der Waals surface area contributed by atoms with Gasteiger partial charge in [-0.05, 0) is 67.1 Å². The average molecular weight is 490 g/mol. The lowest BCUT2D eigenvalue weighted by Gasteiger charge is -2.12. The molecule has 0 amide bonds. The third-order valence-corrected chi connectivity index (χ3v) is 5.42. The van der Waals surface area contributed by atoms with Crippen molar-refractivity contribution in [1.82, 2.24) is 9.66 Å². The zero-order valence-electron chi connectivity index (χ0n) is 19.6. The summed E-state index contributed by atoms with van der Waals surface area (Å²) in [4.78, 5) is 30.3. The molecule has 1 aromatic heterocycles. The highest BCUT2D eigenvalue weighted by molar-refractivity contribution is 6.30. The predicted molar refractivity (Wildman–Crippen MR) is 137 cm³/mol. The second-order valence-corrected chi connectivity index (χ2v) is 8.48. The minimum Gasteiger partial charge on any atom is -0.490 e. The first kappa shape index (κ1) is 24.2. The number of esters is 1. The van der Waals surface area contributed by atoms with E-state index in [0.717, 1.165) is 0 Å². The average Bonchev–Trinajstić information content (AvgIpc) is 2.85. The molecule has 0 radical (unpaired) electrons. The predicted octanol–water partition coefficient (Wildman–Crippen LogP) is 5.67. The lowest BCUT2D eigenvalue weighted by atomic mass is 10.2. The molecule has 178 valence electrons. The molecule has 7 nitrogen and oxygen atoms in total. The number of nitrogens with zero attached hydrogens (tertiary/aromatic N) is 3. The van der Waals surface area contributed by atoms with Gasteiger partial charge in [0.15, 0.2) is 11.5 Å². The van der Waals surface area contributed by atoms with Gasteiger partial charge in [0, 0.05) is 10.9 Å². The summed E-state index contributed by atoms with van der Waals surface area (Å²) in [7, 11) is 0. The summed E-state index contributed by atoms with van der Waals surface area (Å²) in [6, 6.07) is 18.7. The van der Waals surface area contributed by atoms with Gasteiger partial charge in [-0.2, -0.15) is 9.78 Å². The fourth-order valence-corrected chi connectivity index (χ4v) is 3.58. The van der Waals surface area contributed by atoms with Crippen LogP contribution in [0.15, 0.2) is 76.6 Å². The molecule has 4 aromatic rings. The number of para-hydroxylation sites is 1. The second-order valence-electron chi connectivity index (χ2n) is 8.04. The highest BCUT2D eigenvalue weighted by atomic mass is 35.5. The van der Waals surface area contributed by atoms with E-state index >= 15 is 0 Å². The molecule has 35 heavy (non-hydrogen) atoms. The van der Waals surface area contributed by atoms with Crippen molar-refractivity contribution in [2.75, 3.05) is 6.61 Å². The van der Waals surface area contributed by atoms with E-state index in [2.05, 4.69) is 10.1 Å². The van der Waals surface area contributed by atoms with Crippen molar-refractivity contribution in [2.24, 2.45) is 5.10 Å². The van der Waals surface area contributed by atoms with Crippen molar-refractivity contribution in [1.29, 1.82) is 0 Å². The summed E-state index contributed by atoms with van der Waals surface area (Å²) < 4.78 is 12.6. The first-order chi connectivity index (χ1) is 16.9. The Bertz CT molecular complexity index is 1460. The molecule has 0 aliphatic carbocycles. The van der Waals surface area contributed by atoms with E-state index in [0.29, 0.717) is 45.2 Å². The number of rotatable bonds is 7. The molecular weight excluding hydrogens is 466 g/mol. The fourth-order valence-electron chi connectivity index (χ4n) is 3.45. The van der Waals surface area contributed by atoms with Gasteiger partial charge in [0.1, 0.15) is 5.82 Å². The summed E-state index contributed by atoms with van der Waals surface area (Å²) >= 11 is 5.89. The number of halogens is 1. The van der Waals surface area contributed by atoms with Gasteiger partial charge in [0.2, 0.25) is 0 Å². The monoisotopic (exact) mass is 489 g/mol. The van der Waals surface area contributed by atoms with Crippen LogP contribution in [0.3, 0.4) is 0 Å². The molecule has 0 N–H and O–H groups in total. The topological polar surface area (TPSA) is 82.8 Å². The van der Waals surface area contributed by atoms with Crippen LogP contribution in [0.5, 0.6) is 11.5 Å². The summed E-state index contributed by atoms with van der Waals surface area (Å²) in [5, 5.41) is 5.46. The van der Waals surface area contributed by atoms with Gasteiger partial charge in [-0.25, -0.2) is 9.78 Å². The normalized spacial score (nSPS) is 11.3. The number of ether oxygens (including phenoxy) is 2. The smallest absolute Gasteiger partial charge is 0.343 e. The summed E-state index contributed by atoms with van der Waals surface area (Å²) in [6.45, 7) is 6.12. The third-order valence-electron chi connectivity index (χ3n) is 5.17. The van der Waals surface area contributed by atoms with E-state index in [1.807, 2.05) is 32.9 Å². The van der Waals surface area contributed by atoms with E-state index in [1.165, 1.54) is 4.68 Å². The summed E-state index contributed by atoms with van der Waals surface area (Å²) in [6.07, 6.45) is 1.55. The first-order valence-corrected chi connectivity index (χ1v) is 11.6. The molecule has 0 atom stereocenters. The Morgan fingerprint density at radius 1 is 1.09 bits per heavy atom. The van der Waals surface area contributed by atoms with Crippen LogP contribution in [-0.4, -0.2) is 28.5 Å². The fraction of sp³-hybridized carbons (Fsp3) is 0.185.